The molecule has 21 heavy (non-hydrogen) atoms. The Morgan fingerprint density at radius 2 is 2.05 bits per heavy atom. The summed E-state index contributed by atoms with van der Waals surface area (Å²) < 4.78 is 5.90. The summed E-state index contributed by atoms with van der Waals surface area (Å²) in [7, 11) is 0. The van der Waals surface area contributed by atoms with Crippen molar-refractivity contribution in [3.05, 3.63) is 0 Å². The van der Waals surface area contributed by atoms with E-state index in [1.807, 2.05) is 0 Å². The van der Waals surface area contributed by atoms with E-state index < -0.39 is 0 Å². The standard InChI is InChI=1S/C18H34N2O/c1-14-9-15(2)16(3)20(10-14)12-18(7-4-8-21-13-18)11-19-17-5-6-17/h14-17,19H,4-13H2,1-3H3. The number of hydrogen-bond acceptors (Lipinski definition) is 3. The predicted octanol–water partition coefficient (Wildman–Crippen LogP) is 2.90. The minimum Gasteiger partial charge on any atom is -0.381 e. The molecule has 0 spiro atoms. The Balaban J connectivity index is 1.64. The van der Waals surface area contributed by atoms with Crippen LogP contribution in [0.2, 0.25) is 0 Å². The summed E-state index contributed by atoms with van der Waals surface area (Å²) in [4.78, 5) is 2.77. The van der Waals surface area contributed by atoms with Gasteiger partial charge in [-0.3, -0.25) is 4.90 Å². The SMILES string of the molecule is CC1CC(C)C(C)N(CC2(CNC3CC3)CCCOC2)C1. The maximum atomic E-state index is 5.90. The first-order chi connectivity index (χ1) is 10.1. The molecule has 4 unspecified atom stereocenters. The molecule has 3 heteroatoms. The monoisotopic (exact) mass is 294 g/mol. The number of rotatable bonds is 5. The van der Waals surface area contributed by atoms with E-state index in [9.17, 15) is 0 Å². The predicted molar refractivity (Wildman–Crippen MR) is 87.5 cm³/mol. The van der Waals surface area contributed by atoms with Crippen LogP contribution in [-0.4, -0.2) is 49.8 Å². The molecule has 3 aliphatic rings. The number of ether oxygens (including phenoxy) is 1. The van der Waals surface area contributed by atoms with Crippen LogP contribution in [0.4, 0.5) is 0 Å². The molecule has 1 N–H and O–H groups in total. The fourth-order valence-electron chi connectivity index (χ4n) is 4.35. The summed E-state index contributed by atoms with van der Waals surface area (Å²) in [5, 5.41) is 3.79. The summed E-state index contributed by atoms with van der Waals surface area (Å²) in [6, 6.07) is 1.53. The van der Waals surface area contributed by atoms with Gasteiger partial charge < -0.3 is 10.1 Å². The number of nitrogens with zero attached hydrogens (tertiary/aromatic N) is 1. The molecule has 0 amide bonds. The van der Waals surface area contributed by atoms with Gasteiger partial charge >= 0.3 is 0 Å². The van der Waals surface area contributed by atoms with Crippen molar-refractivity contribution in [3.8, 4) is 0 Å². The quantitative estimate of drug-likeness (QED) is 0.844. The Bertz CT molecular complexity index is 336. The van der Waals surface area contributed by atoms with Crippen LogP contribution in [0.1, 0.15) is 52.9 Å². The molecule has 1 aliphatic carbocycles. The minimum absolute atomic E-state index is 0.353. The Morgan fingerprint density at radius 3 is 2.71 bits per heavy atom. The van der Waals surface area contributed by atoms with Gasteiger partial charge in [0.2, 0.25) is 0 Å². The fraction of sp³-hybridized carbons (Fsp3) is 1.00. The number of likely N-dealkylation sites (tertiary alicyclic amines) is 1. The number of nitrogens with one attached hydrogen (secondary N) is 1. The van der Waals surface area contributed by atoms with Crippen LogP contribution in [0.3, 0.4) is 0 Å². The highest BCUT2D eigenvalue weighted by Crippen LogP contribution is 2.35. The topological polar surface area (TPSA) is 24.5 Å². The van der Waals surface area contributed by atoms with Crippen molar-refractivity contribution in [2.75, 3.05) is 32.8 Å². The van der Waals surface area contributed by atoms with Crippen LogP contribution >= 0.6 is 0 Å². The Morgan fingerprint density at radius 1 is 1.24 bits per heavy atom. The fourth-order valence-corrected chi connectivity index (χ4v) is 4.35. The maximum Gasteiger partial charge on any atom is 0.0546 e. The van der Waals surface area contributed by atoms with E-state index in [1.54, 1.807) is 0 Å². The summed E-state index contributed by atoms with van der Waals surface area (Å²) in [5.74, 6) is 1.67. The van der Waals surface area contributed by atoms with Crippen LogP contribution in [0.15, 0.2) is 0 Å². The van der Waals surface area contributed by atoms with E-state index in [1.165, 1.54) is 45.2 Å². The lowest BCUT2D eigenvalue weighted by molar-refractivity contribution is -0.0470. The van der Waals surface area contributed by atoms with Gasteiger partial charge in [0, 0.05) is 43.7 Å². The molecule has 3 fully saturated rings. The first-order valence-electron chi connectivity index (χ1n) is 9.13. The molecule has 122 valence electrons. The summed E-state index contributed by atoms with van der Waals surface area (Å²) in [6.45, 7) is 12.9. The van der Waals surface area contributed by atoms with E-state index in [0.717, 1.165) is 43.7 Å². The second-order valence-electron chi connectivity index (χ2n) is 8.30. The maximum absolute atomic E-state index is 5.90. The first-order valence-corrected chi connectivity index (χ1v) is 9.13. The molecular weight excluding hydrogens is 260 g/mol. The molecule has 0 aromatic rings. The first kappa shape index (κ1) is 15.8. The molecule has 0 aromatic heterocycles. The Labute approximate surface area is 130 Å². The number of piperidine rings is 1. The van der Waals surface area contributed by atoms with Gasteiger partial charge in [0.25, 0.3) is 0 Å². The van der Waals surface area contributed by atoms with Gasteiger partial charge in [0.05, 0.1) is 6.61 Å². The molecule has 2 saturated heterocycles. The lowest BCUT2D eigenvalue weighted by atomic mass is 9.78. The third kappa shape index (κ3) is 4.00. The second kappa shape index (κ2) is 6.55. The molecule has 2 heterocycles. The van der Waals surface area contributed by atoms with Gasteiger partial charge in [0.15, 0.2) is 0 Å². The van der Waals surface area contributed by atoms with Crippen molar-refractivity contribution in [2.24, 2.45) is 17.3 Å². The Kier molecular flexibility index (Phi) is 4.92. The van der Waals surface area contributed by atoms with E-state index in [4.69, 9.17) is 4.74 Å². The zero-order chi connectivity index (χ0) is 14.9. The van der Waals surface area contributed by atoms with Crippen molar-refractivity contribution in [3.63, 3.8) is 0 Å². The van der Waals surface area contributed by atoms with Gasteiger partial charge in [-0.25, -0.2) is 0 Å². The second-order valence-corrected chi connectivity index (χ2v) is 8.30. The lowest BCUT2D eigenvalue weighted by Gasteiger charge is -2.47. The van der Waals surface area contributed by atoms with Gasteiger partial charge in [0.1, 0.15) is 0 Å². The molecule has 1 saturated carbocycles. The zero-order valence-electron chi connectivity index (χ0n) is 14.2. The average Bonchev–Trinajstić information content (AvgIpc) is 3.27. The molecule has 2 aliphatic heterocycles. The van der Waals surface area contributed by atoms with Crippen molar-refractivity contribution >= 4 is 0 Å². The number of hydrogen-bond donors (Lipinski definition) is 1. The largest absolute Gasteiger partial charge is 0.381 e. The van der Waals surface area contributed by atoms with Crippen molar-refractivity contribution in [2.45, 2.75) is 65.0 Å². The molecule has 0 aromatic carbocycles. The molecule has 3 rings (SSSR count). The van der Waals surface area contributed by atoms with Crippen molar-refractivity contribution in [1.82, 2.24) is 10.2 Å². The average molecular weight is 294 g/mol. The van der Waals surface area contributed by atoms with Gasteiger partial charge in [-0.2, -0.15) is 0 Å². The smallest absolute Gasteiger partial charge is 0.0546 e. The van der Waals surface area contributed by atoms with Gasteiger partial charge in [-0.05, 0) is 50.9 Å². The van der Waals surface area contributed by atoms with Crippen molar-refractivity contribution in [1.29, 1.82) is 0 Å². The Hall–Kier alpha value is -0.120. The van der Waals surface area contributed by atoms with E-state index in [2.05, 4.69) is 31.0 Å². The summed E-state index contributed by atoms with van der Waals surface area (Å²) in [5.41, 5.74) is 0.353. The van der Waals surface area contributed by atoms with E-state index >= 15 is 0 Å². The van der Waals surface area contributed by atoms with E-state index in [0.29, 0.717) is 5.41 Å². The molecule has 4 atom stereocenters. The summed E-state index contributed by atoms with van der Waals surface area (Å²) >= 11 is 0. The third-order valence-corrected chi connectivity index (χ3v) is 6.01. The van der Waals surface area contributed by atoms with Crippen LogP contribution in [-0.2, 0) is 4.74 Å². The van der Waals surface area contributed by atoms with E-state index in [-0.39, 0.29) is 0 Å². The van der Waals surface area contributed by atoms with Crippen LogP contribution in [0, 0.1) is 17.3 Å². The highest BCUT2D eigenvalue weighted by atomic mass is 16.5. The third-order valence-electron chi connectivity index (χ3n) is 6.01. The molecule has 0 bridgehead atoms. The highest BCUT2D eigenvalue weighted by Gasteiger charge is 2.39. The zero-order valence-corrected chi connectivity index (χ0v) is 14.2. The van der Waals surface area contributed by atoms with Crippen LogP contribution < -0.4 is 5.32 Å². The van der Waals surface area contributed by atoms with Gasteiger partial charge in [-0.1, -0.05) is 13.8 Å². The molecular formula is C18H34N2O. The van der Waals surface area contributed by atoms with Gasteiger partial charge in [-0.15, -0.1) is 0 Å². The molecule has 3 nitrogen and oxygen atoms in total. The van der Waals surface area contributed by atoms with Crippen molar-refractivity contribution < 1.29 is 4.74 Å². The minimum atomic E-state index is 0.353. The van der Waals surface area contributed by atoms with Crippen LogP contribution in [0.25, 0.3) is 0 Å². The van der Waals surface area contributed by atoms with Crippen LogP contribution in [0.5, 0.6) is 0 Å². The normalized spacial score (nSPS) is 42.1. The lowest BCUT2D eigenvalue weighted by Crippen LogP contribution is -2.55. The summed E-state index contributed by atoms with van der Waals surface area (Å²) in [6.07, 6.45) is 6.72. The highest BCUT2D eigenvalue weighted by molar-refractivity contribution is 4.93. The molecule has 0 radical (unpaired) electrons.